The Morgan fingerprint density at radius 1 is 1.24 bits per heavy atom. The molecule has 2 saturated heterocycles. The van der Waals surface area contributed by atoms with Gasteiger partial charge in [-0.05, 0) is 44.2 Å². The number of ether oxygens (including phenoxy) is 2. The SMILES string of the molecule is COc1ccccc1S(=O)(=O)N[C@@H]1CC[C@@H](CC(=O)N2CCCCC2)O[C@@H]1CO. The number of aliphatic hydroxyl groups is 1. The fourth-order valence-corrected chi connectivity index (χ4v) is 5.46. The van der Waals surface area contributed by atoms with Crippen molar-refractivity contribution in [3.05, 3.63) is 24.3 Å². The number of benzene rings is 1. The van der Waals surface area contributed by atoms with Crippen molar-refractivity contribution >= 4 is 15.9 Å². The van der Waals surface area contributed by atoms with Gasteiger partial charge in [-0.3, -0.25) is 4.79 Å². The van der Waals surface area contributed by atoms with Crippen LogP contribution in [0.25, 0.3) is 0 Å². The van der Waals surface area contributed by atoms with Crippen LogP contribution in [-0.4, -0.2) is 69.4 Å². The van der Waals surface area contributed by atoms with E-state index in [2.05, 4.69) is 4.72 Å². The quantitative estimate of drug-likeness (QED) is 0.681. The maximum atomic E-state index is 12.8. The first kappa shape index (κ1) is 22.0. The molecule has 2 aliphatic heterocycles. The fourth-order valence-electron chi connectivity index (χ4n) is 3.99. The predicted molar refractivity (Wildman–Crippen MR) is 107 cm³/mol. The van der Waals surface area contributed by atoms with Crippen molar-refractivity contribution in [3.8, 4) is 5.75 Å². The van der Waals surface area contributed by atoms with Gasteiger partial charge in [0.05, 0.1) is 38.4 Å². The first-order valence-electron chi connectivity index (χ1n) is 10.1. The molecule has 0 spiro atoms. The van der Waals surface area contributed by atoms with Crippen LogP contribution >= 0.6 is 0 Å². The molecule has 3 atom stereocenters. The number of sulfonamides is 1. The summed E-state index contributed by atoms with van der Waals surface area (Å²) < 4.78 is 39.3. The minimum atomic E-state index is -3.84. The monoisotopic (exact) mass is 426 g/mol. The zero-order valence-corrected chi connectivity index (χ0v) is 17.6. The molecule has 29 heavy (non-hydrogen) atoms. The first-order chi connectivity index (χ1) is 13.9. The van der Waals surface area contributed by atoms with Crippen LogP contribution in [0.2, 0.25) is 0 Å². The largest absolute Gasteiger partial charge is 0.495 e. The van der Waals surface area contributed by atoms with E-state index in [0.29, 0.717) is 12.8 Å². The lowest BCUT2D eigenvalue weighted by molar-refractivity contribution is -0.140. The standard InChI is InChI=1S/C20H30N2O6S/c1-27-17-7-3-4-8-19(17)29(25,26)21-16-10-9-15(28-18(16)14-23)13-20(24)22-11-5-2-6-12-22/h3-4,7-8,15-16,18,21,23H,2,5-6,9-14H2,1H3/t15-,16+,18+/m0/s1. The van der Waals surface area contributed by atoms with Gasteiger partial charge in [0.15, 0.2) is 0 Å². The summed E-state index contributed by atoms with van der Waals surface area (Å²) in [7, 11) is -2.43. The minimum Gasteiger partial charge on any atom is -0.495 e. The maximum Gasteiger partial charge on any atom is 0.244 e. The summed E-state index contributed by atoms with van der Waals surface area (Å²) in [6.45, 7) is 1.25. The molecule has 9 heteroatoms. The van der Waals surface area contributed by atoms with E-state index in [1.807, 2.05) is 4.90 Å². The molecule has 0 unspecified atom stereocenters. The Bertz CT molecular complexity index is 794. The van der Waals surface area contributed by atoms with Crippen molar-refractivity contribution < 1.29 is 27.8 Å². The summed E-state index contributed by atoms with van der Waals surface area (Å²) >= 11 is 0. The molecule has 2 fully saturated rings. The van der Waals surface area contributed by atoms with Gasteiger partial charge in [0.25, 0.3) is 0 Å². The minimum absolute atomic E-state index is 0.0431. The van der Waals surface area contributed by atoms with Gasteiger partial charge >= 0.3 is 0 Å². The number of hydrogen-bond donors (Lipinski definition) is 2. The Kier molecular flexibility index (Phi) is 7.50. The lowest BCUT2D eigenvalue weighted by Crippen LogP contribution is -2.51. The van der Waals surface area contributed by atoms with Gasteiger partial charge < -0.3 is 19.5 Å². The molecule has 2 N–H and O–H groups in total. The molecule has 3 rings (SSSR count). The first-order valence-corrected chi connectivity index (χ1v) is 11.6. The van der Waals surface area contributed by atoms with E-state index in [1.54, 1.807) is 18.2 Å². The van der Waals surface area contributed by atoms with E-state index in [0.717, 1.165) is 32.4 Å². The second-order valence-electron chi connectivity index (χ2n) is 7.58. The number of aliphatic hydroxyl groups excluding tert-OH is 1. The van der Waals surface area contributed by atoms with E-state index in [1.165, 1.54) is 13.2 Å². The molecule has 0 aliphatic carbocycles. The van der Waals surface area contributed by atoms with Gasteiger partial charge in [-0.15, -0.1) is 0 Å². The van der Waals surface area contributed by atoms with Crippen LogP contribution in [0.1, 0.15) is 38.5 Å². The Balaban J connectivity index is 1.61. The number of methoxy groups -OCH3 is 1. The summed E-state index contributed by atoms with van der Waals surface area (Å²) in [6.07, 6.45) is 3.51. The van der Waals surface area contributed by atoms with Crippen LogP contribution in [-0.2, 0) is 19.6 Å². The Morgan fingerprint density at radius 3 is 2.66 bits per heavy atom. The van der Waals surface area contributed by atoms with E-state index in [9.17, 15) is 18.3 Å². The van der Waals surface area contributed by atoms with Crippen LogP contribution in [0.15, 0.2) is 29.2 Å². The molecule has 0 radical (unpaired) electrons. The summed E-state index contributed by atoms with van der Waals surface area (Å²) in [6, 6.07) is 5.80. The van der Waals surface area contributed by atoms with Gasteiger partial charge in [-0.1, -0.05) is 12.1 Å². The van der Waals surface area contributed by atoms with Crippen molar-refractivity contribution in [3.63, 3.8) is 0 Å². The molecule has 0 aromatic heterocycles. The molecular formula is C20H30N2O6S. The number of nitrogens with zero attached hydrogens (tertiary/aromatic N) is 1. The number of rotatable bonds is 7. The molecule has 0 bridgehead atoms. The molecule has 0 saturated carbocycles. The highest BCUT2D eigenvalue weighted by molar-refractivity contribution is 7.89. The van der Waals surface area contributed by atoms with Crippen LogP contribution in [0.4, 0.5) is 0 Å². The fraction of sp³-hybridized carbons (Fsp3) is 0.650. The lowest BCUT2D eigenvalue weighted by atomic mass is 9.97. The van der Waals surface area contributed by atoms with E-state index >= 15 is 0 Å². The van der Waals surface area contributed by atoms with Gasteiger partial charge in [-0.2, -0.15) is 0 Å². The second-order valence-corrected chi connectivity index (χ2v) is 9.26. The highest BCUT2D eigenvalue weighted by Crippen LogP contribution is 2.27. The van der Waals surface area contributed by atoms with Gasteiger partial charge in [-0.25, -0.2) is 13.1 Å². The van der Waals surface area contributed by atoms with Crippen molar-refractivity contribution in [2.45, 2.75) is 61.7 Å². The number of carbonyl (C=O) groups excluding carboxylic acids is 1. The molecule has 1 amide bonds. The van der Waals surface area contributed by atoms with E-state index in [-0.39, 0.29) is 35.7 Å². The van der Waals surface area contributed by atoms with Crippen LogP contribution in [0, 0.1) is 0 Å². The molecule has 2 heterocycles. The van der Waals surface area contributed by atoms with Crippen LogP contribution < -0.4 is 9.46 Å². The molecular weight excluding hydrogens is 396 g/mol. The summed E-state index contributed by atoms with van der Waals surface area (Å²) in [4.78, 5) is 14.4. The third kappa shape index (κ3) is 5.48. The number of carbonyl (C=O) groups is 1. The normalized spacial score (nSPS) is 25.6. The van der Waals surface area contributed by atoms with Gasteiger partial charge in [0, 0.05) is 13.1 Å². The molecule has 1 aromatic carbocycles. The molecule has 8 nitrogen and oxygen atoms in total. The van der Waals surface area contributed by atoms with Gasteiger partial charge in [0.1, 0.15) is 10.6 Å². The lowest BCUT2D eigenvalue weighted by Gasteiger charge is -2.37. The van der Waals surface area contributed by atoms with E-state index < -0.39 is 22.2 Å². The van der Waals surface area contributed by atoms with Crippen molar-refractivity contribution in [2.75, 3.05) is 26.8 Å². The second kappa shape index (κ2) is 9.88. The number of hydrogen-bond acceptors (Lipinski definition) is 6. The molecule has 162 valence electrons. The third-order valence-electron chi connectivity index (χ3n) is 5.57. The zero-order chi connectivity index (χ0) is 20.9. The molecule has 1 aromatic rings. The van der Waals surface area contributed by atoms with Crippen LogP contribution in [0.3, 0.4) is 0 Å². The molecule has 2 aliphatic rings. The predicted octanol–water partition coefficient (Wildman–Crippen LogP) is 1.28. The van der Waals surface area contributed by atoms with Crippen molar-refractivity contribution in [1.29, 1.82) is 0 Å². The number of nitrogens with one attached hydrogen (secondary N) is 1. The average Bonchev–Trinajstić information content (AvgIpc) is 2.75. The summed E-state index contributed by atoms with van der Waals surface area (Å²) in [5, 5.41) is 9.75. The Morgan fingerprint density at radius 2 is 1.97 bits per heavy atom. The number of likely N-dealkylation sites (tertiary alicyclic amines) is 1. The van der Waals surface area contributed by atoms with Crippen LogP contribution in [0.5, 0.6) is 5.75 Å². The number of amides is 1. The third-order valence-corrected chi connectivity index (χ3v) is 7.10. The highest BCUT2D eigenvalue weighted by Gasteiger charge is 2.36. The zero-order valence-electron chi connectivity index (χ0n) is 16.7. The average molecular weight is 427 g/mol. The van der Waals surface area contributed by atoms with Crippen molar-refractivity contribution in [2.24, 2.45) is 0 Å². The topological polar surface area (TPSA) is 105 Å². The number of para-hydroxylation sites is 1. The smallest absolute Gasteiger partial charge is 0.244 e. The Hall–Kier alpha value is -1.68. The van der Waals surface area contributed by atoms with E-state index in [4.69, 9.17) is 9.47 Å². The Labute approximate surface area is 172 Å². The van der Waals surface area contributed by atoms with Gasteiger partial charge in [0.2, 0.25) is 15.9 Å². The summed E-state index contributed by atoms with van der Waals surface area (Å²) in [5.74, 6) is 0.321. The summed E-state index contributed by atoms with van der Waals surface area (Å²) in [5.41, 5.74) is 0. The highest BCUT2D eigenvalue weighted by atomic mass is 32.2. The van der Waals surface area contributed by atoms with Crippen molar-refractivity contribution in [1.82, 2.24) is 9.62 Å². The number of piperidine rings is 1. The maximum absolute atomic E-state index is 12.8.